The fourth-order valence-electron chi connectivity index (χ4n) is 0.988. The molecular formula is C9H21N3. The SMILES string of the molecule is CCC(C)NC(C)C(C)N=NC. The van der Waals surface area contributed by atoms with Crippen molar-refractivity contribution in [2.75, 3.05) is 7.05 Å². The second kappa shape index (κ2) is 6.12. The van der Waals surface area contributed by atoms with Gasteiger partial charge in [-0.2, -0.15) is 10.2 Å². The molecule has 0 amide bonds. The van der Waals surface area contributed by atoms with Crippen LogP contribution in [0, 0.1) is 0 Å². The zero-order chi connectivity index (χ0) is 9.56. The molecule has 0 saturated heterocycles. The highest BCUT2D eigenvalue weighted by Gasteiger charge is 2.12. The fraction of sp³-hybridized carbons (Fsp3) is 1.00. The Morgan fingerprint density at radius 3 is 2.25 bits per heavy atom. The van der Waals surface area contributed by atoms with Crippen LogP contribution in [0.1, 0.15) is 34.1 Å². The van der Waals surface area contributed by atoms with Crippen LogP contribution < -0.4 is 5.32 Å². The van der Waals surface area contributed by atoms with E-state index in [0.29, 0.717) is 12.1 Å². The molecule has 0 aromatic rings. The summed E-state index contributed by atoms with van der Waals surface area (Å²) >= 11 is 0. The van der Waals surface area contributed by atoms with E-state index in [9.17, 15) is 0 Å². The van der Waals surface area contributed by atoms with E-state index in [-0.39, 0.29) is 6.04 Å². The average molecular weight is 171 g/mol. The number of nitrogens with zero attached hydrogens (tertiary/aromatic N) is 2. The Labute approximate surface area is 75.7 Å². The molecule has 3 atom stereocenters. The van der Waals surface area contributed by atoms with Crippen molar-refractivity contribution < 1.29 is 0 Å². The summed E-state index contributed by atoms with van der Waals surface area (Å²) in [6.45, 7) is 8.58. The molecule has 3 unspecified atom stereocenters. The molecule has 0 spiro atoms. The largest absolute Gasteiger partial charge is 0.310 e. The Morgan fingerprint density at radius 2 is 1.83 bits per heavy atom. The van der Waals surface area contributed by atoms with E-state index in [2.05, 4.69) is 43.2 Å². The third kappa shape index (κ3) is 4.44. The molecule has 0 fully saturated rings. The quantitative estimate of drug-likeness (QED) is 0.633. The molecule has 0 aliphatic heterocycles. The van der Waals surface area contributed by atoms with Gasteiger partial charge in [-0.15, -0.1) is 0 Å². The summed E-state index contributed by atoms with van der Waals surface area (Å²) in [5.41, 5.74) is 0. The zero-order valence-corrected chi connectivity index (χ0v) is 8.83. The van der Waals surface area contributed by atoms with E-state index in [0.717, 1.165) is 6.42 Å². The van der Waals surface area contributed by atoms with Gasteiger partial charge >= 0.3 is 0 Å². The first kappa shape index (κ1) is 11.6. The summed E-state index contributed by atoms with van der Waals surface area (Å²) in [6, 6.07) is 1.24. The first-order chi connectivity index (χ1) is 5.61. The molecule has 12 heavy (non-hydrogen) atoms. The maximum Gasteiger partial charge on any atom is 0.0830 e. The summed E-state index contributed by atoms with van der Waals surface area (Å²) in [7, 11) is 1.71. The molecule has 72 valence electrons. The molecule has 3 heteroatoms. The van der Waals surface area contributed by atoms with Crippen molar-refractivity contribution in [2.45, 2.75) is 52.2 Å². The minimum absolute atomic E-state index is 0.268. The van der Waals surface area contributed by atoms with Gasteiger partial charge in [-0.1, -0.05) is 6.92 Å². The molecule has 0 rings (SSSR count). The van der Waals surface area contributed by atoms with Crippen LogP contribution in [0.4, 0.5) is 0 Å². The van der Waals surface area contributed by atoms with Crippen molar-refractivity contribution in [3.63, 3.8) is 0 Å². The molecule has 0 aromatic carbocycles. The predicted octanol–water partition coefficient (Wildman–Crippen LogP) is 2.23. The van der Waals surface area contributed by atoms with Gasteiger partial charge in [0, 0.05) is 19.1 Å². The summed E-state index contributed by atoms with van der Waals surface area (Å²) < 4.78 is 0. The Kier molecular flexibility index (Phi) is 5.89. The second-order valence-electron chi connectivity index (χ2n) is 3.32. The number of hydrogen-bond donors (Lipinski definition) is 1. The highest BCUT2D eigenvalue weighted by atomic mass is 15.1. The number of nitrogens with one attached hydrogen (secondary N) is 1. The van der Waals surface area contributed by atoms with Crippen molar-refractivity contribution in [1.29, 1.82) is 0 Å². The standard InChI is InChI=1S/C9H21N3/c1-6-7(2)11-8(3)9(4)12-10-5/h7-9,11H,6H2,1-5H3. The van der Waals surface area contributed by atoms with Gasteiger partial charge in [0.1, 0.15) is 0 Å². The van der Waals surface area contributed by atoms with E-state index in [1.165, 1.54) is 0 Å². The van der Waals surface area contributed by atoms with Crippen molar-refractivity contribution in [3.8, 4) is 0 Å². The van der Waals surface area contributed by atoms with Crippen LogP contribution in [0.25, 0.3) is 0 Å². The second-order valence-corrected chi connectivity index (χ2v) is 3.32. The molecule has 0 heterocycles. The minimum atomic E-state index is 0.268. The van der Waals surface area contributed by atoms with Crippen LogP contribution in [0.3, 0.4) is 0 Å². The van der Waals surface area contributed by atoms with E-state index in [4.69, 9.17) is 0 Å². The zero-order valence-electron chi connectivity index (χ0n) is 8.83. The molecule has 0 aromatic heterocycles. The highest BCUT2D eigenvalue weighted by molar-refractivity contribution is 4.75. The van der Waals surface area contributed by atoms with Gasteiger partial charge in [0.2, 0.25) is 0 Å². The van der Waals surface area contributed by atoms with Crippen LogP contribution >= 0.6 is 0 Å². The molecule has 3 nitrogen and oxygen atoms in total. The van der Waals surface area contributed by atoms with E-state index < -0.39 is 0 Å². The Balaban J connectivity index is 3.77. The lowest BCUT2D eigenvalue weighted by Gasteiger charge is -2.21. The van der Waals surface area contributed by atoms with Crippen LogP contribution in [0.15, 0.2) is 10.2 Å². The number of hydrogen-bond acceptors (Lipinski definition) is 3. The summed E-state index contributed by atoms with van der Waals surface area (Å²) in [4.78, 5) is 0. The predicted molar refractivity (Wildman–Crippen MR) is 52.6 cm³/mol. The third-order valence-corrected chi connectivity index (χ3v) is 2.18. The normalized spacial score (nSPS) is 19.4. The molecule has 0 radical (unpaired) electrons. The van der Waals surface area contributed by atoms with Gasteiger partial charge in [0.05, 0.1) is 6.04 Å². The molecule has 0 bridgehead atoms. The van der Waals surface area contributed by atoms with E-state index in [1.54, 1.807) is 7.05 Å². The summed E-state index contributed by atoms with van der Waals surface area (Å²) in [5, 5.41) is 11.3. The van der Waals surface area contributed by atoms with E-state index in [1.807, 2.05) is 0 Å². The lowest BCUT2D eigenvalue weighted by atomic mass is 10.1. The summed E-state index contributed by atoms with van der Waals surface area (Å²) in [6.07, 6.45) is 1.15. The number of azo groups is 1. The Hall–Kier alpha value is -0.440. The highest BCUT2D eigenvalue weighted by Crippen LogP contribution is 2.00. The average Bonchev–Trinajstić information content (AvgIpc) is 2.04. The summed E-state index contributed by atoms with van der Waals surface area (Å²) in [5.74, 6) is 0. The van der Waals surface area contributed by atoms with Crippen LogP contribution in [0.5, 0.6) is 0 Å². The Bertz CT molecular complexity index is 134. The molecule has 0 saturated carbocycles. The van der Waals surface area contributed by atoms with Crippen molar-refractivity contribution in [2.24, 2.45) is 10.2 Å². The van der Waals surface area contributed by atoms with Gasteiger partial charge in [-0.05, 0) is 27.2 Å². The van der Waals surface area contributed by atoms with Gasteiger partial charge in [-0.3, -0.25) is 0 Å². The molecule has 0 aliphatic carbocycles. The van der Waals surface area contributed by atoms with Gasteiger partial charge < -0.3 is 5.32 Å². The first-order valence-corrected chi connectivity index (χ1v) is 4.66. The molecule has 0 aliphatic rings. The van der Waals surface area contributed by atoms with Gasteiger partial charge in [0.15, 0.2) is 0 Å². The lowest BCUT2D eigenvalue weighted by molar-refractivity contribution is 0.409. The number of rotatable bonds is 5. The smallest absolute Gasteiger partial charge is 0.0830 e. The molecule has 1 N–H and O–H groups in total. The van der Waals surface area contributed by atoms with Crippen molar-refractivity contribution in [1.82, 2.24) is 5.32 Å². The minimum Gasteiger partial charge on any atom is -0.310 e. The Morgan fingerprint density at radius 1 is 1.25 bits per heavy atom. The van der Waals surface area contributed by atoms with Crippen molar-refractivity contribution >= 4 is 0 Å². The lowest BCUT2D eigenvalue weighted by Crippen LogP contribution is -2.40. The van der Waals surface area contributed by atoms with Crippen LogP contribution in [0.2, 0.25) is 0 Å². The topological polar surface area (TPSA) is 36.8 Å². The fourth-order valence-corrected chi connectivity index (χ4v) is 0.988. The van der Waals surface area contributed by atoms with Gasteiger partial charge in [-0.25, -0.2) is 0 Å². The van der Waals surface area contributed by atoms with Crippen LogP contribution in [-0.2, 0) is 0 Å². The monoisotopic (exact) mass is 171 g/mol. The van der Waals surface area contributed by atoms with E-state index >= 15 is 0 Å². The third-order valence-electron chi connectivity index (χ3n) is 2.18. The molecular weight excluding hydrogens is 150 g/mol. The van der Waals surface area contributed by atoms with Crippen molar-refractivity contribution in [3.05, 3.63) is 0 Å². The first-order valence-electron chi connectivity index (χ1n) is 4.66. The maximum absolute atomic E-state index is 4.07. The van der Waals surface area contributed by atoms with Gasteiger partial charge in [0.25, 0.3) is 0 Å². The van der Waals surface area contributed by atoms with Crippen LogP contribution in [-0.4, -0.2) is 25.2 Å². The maximum atomic E-state index is 4.07.